The number of amides is 1. The van der Waals surface area contributed by atoms with Crippen molar-refractivity contribution in [1.82, 2.24) is 0 Å². The molecule has 1 saturated heterocycles. The van der Waals surface area contributed by atoms with E-state index in [4.69, 9.17) is 16.7 Å². The van der Waals surface area contributed by atoms with Gasteiger partial charge in [0, 0.05) is 23.5 Å². The van der Waals surface area contributed by atoms with Crippen molar-refractivity contribution < 1.29 is 18.1 Å². The summed E-state index contributed by atoms with van der Waals surface area (Å²) >= 11 is 8.95. The predicted molar refractivity (Wildman–Crippen MR) is 79.7 cm³/mol. The largest absolute Gasteiger partial charge is 0.305 e. The number of nitro benzene ring substituents is 1. The molecule has 2 N–H and O–H groups in total. The van der Waals surface area contributed by atoms with Crippen LogP contribution in [0.1, 0.15) is 6.42 Å². The van der Waals surface area contributed by atoms with Crippen LogP contribution in [0.5, 0.6) is 0 Å². The maximum atomic E-state index is 11.9. The molecule has 11 heteroatoms. The Bertz CT molecular complexity index is 738. The van der Waals surface area contributed by atoms with E-state index in [1.54, 1.807) is 0 Å². The number of primary sulfonamides is 1. The molecule has 1 atom stereocenters. The van der Waals surface area contributed by atoms with E-state index in [0.29, 0.717) is 4.47 Å². The number of sulfonamides is 1. The van der Waals surface area contributed by atoms with Crippen LogP contribution in [-0.4, -0.2) is 31.0 Å². The van der Waals surface area contributed by atoms with Gasteiger partial charge in [-0.1, -0.05) is 11.6 Å². The highest BCUT2D eigenvalue weighted by molar-refractivity contribution is 9.10. The second-order valence-electron chi connectivity index (χ2n) is 4.43. The molecule has 0 bridgehead atoms. The SMILES string of the molecule is NS(=O)(=O)C1CC(=O)N(c2cc(Cl)c(Br)cc2[N+](=O)[O-])C1. The average molecular weight is 399 g/mol. The minimum Gasteiger partial charge on any atom is -0.305 e. The third-order valence-corrected chi connectivity index (χ3v) is 5.50. The summed E-state index contributed by atoms with van der Waals surface area (Å²) < 4.78 is 23.0. The van der Waals surface area contributed by atoms with Crippen LogP contribution in [0.3, 0.4) is 0 Å². The standard InChI is InChI=1S/C10H9BrClN3O5S/c11-6-2-9(15(17)18)8(3-7(6)12)14-4-5(1-10(14)16)21(13,19)20/h2-3,5H,1,4H2,(H2,13,19,20). The summed E-state index contributed by atoms with van der Waals surface area (Å²) in [5.74, 6) is -0.560. The molecule has 0 aliphatic carbocycles. The van der Waals surface area contributed by atoms with Crippen molar-refractivity contribution >= 4 is 54.8 Å². The molecule has 21 heavy (non-hydrogen) atoms. The molecule has 1 fully saturated rings. The number of carbonyl (C=O) groups excluding carboxylic acids is 1. The first kappa shape index (κ1) is 16.1. The Morgan fingerprint density at radius 3 is 2.57 bits per heavy atom. The van der Waals surface area contributed by atoms with Gasteiger partial charge in [0.1, 0.15) is 10.9 Å². The van der Waals surface area contributed by atoms with Crippen molar-refractivity contribution in [3.63, 3.8) is 0 Å². The number of benzene rings is 1. The fourth-order valence-corrected chi connectivity index (χ4v) is 3.24. The van der Waals surface area contributed by atoms with E-state index in [9.17, 15) is 23.3 Å². The maximum Gasteiger partial charge on any atom is 0.294 e. The van der Waals surface area contributed by atoms with Gasteiger partial charge in [0.15, 0.2) is 0 Å². The summed E-state index contributed by atoms with van der Waals surface area (Å²) in [5, 5.41) is 15.2. The number of anilines is 1. The van der Waals surface area contributed by atoms with Crippen molar-refractivity contribution in [3.05, 3.63) is 31.7 Å². The first-order valence-electron chi connectivity index (χ1n) is 5.56. The monoisotopic (exact) mass is 397 g/mol. The van der Waals surface area contributed by atoms with Gasteiger partial charge >= 0.3 is 0 Å². The number of rotatable bonds is 3. The van der Waals surface area contributed by atoms with Crippen molar-refractivity contribution in [2.45, 2.75) is 11.7 Å². The van der Waals surface area contributed by atoms with Crippen molar-refractivity contribution in [3.8, 4) is 0 Å². The molecule has 8 nitrogen and oxygen atoms in total. The minimum absolute atomic E-state index is 0.0515. The molecule has 0 saturated carbocycles. The average Bonchev–Trinajstić information content (AvgIpc) is 2.74. The van der Waals surface area contributed by atoms with E-state index in [1.807, 2.05) is 0 Å². The van der Waals surface area contributed by atoms with Crippen LogP contribution in [0, 0.1) is 10.1 Å². The van der Waals surface area contributed by atoms with Crippen LogP contribution in [0.4, 0.5) is 11.4 Å². The van der Waals surface area contributed by atoms with Crippen LogP contribution in [-0.2, 0) is 14.8 Å². The van der Waals surface area contributed by atoms with Gasteiger partial charge in [-0.2, -0.15) is 0 Å². The van der Waals surface area contributed by atoms with Crippen molar-refractivity contribution in [2.24, 2.45) is 5.14 Å². The highest BCUT2D eigenvalue weighted by Gasteiger charge is 2.39. The van der Waals surface area contributed by atoms with Gasteiger partial charge in [0.05, 0.1) is 9.95 Å². The summed E-state index contributed by atoms with van der Waals surface area (Å²) in [7, 11) is -3.90. The molecule has 114 valence electrons. The smallest absolute Gasteiger partial charge is 0.294 e. The number of nitrogens with zero attached hydrogens (tertiary/aromatic N) is 2. The minimum atomic E-state index is -3.90. The highest BCUT2D eigenvalue weighted by Crippen LogP contribution is 2.38. The Kier molecular flexibility index (Phi) is 4.24. The summed E-state index contributed by atoms with van der Waals surface area (Å²) in [6.45, 7) is -0.240. The first-order valence-corrected chi connectivity index (χ1v) is 8.34. The molecule has 0 spiro atoms. The number of hydrogen-bond acceptors (Lipinski definition) is 5. The summed E-state index contributed by atoms with van der Waals surface area (Å²) in [6, 6.07) is 2.41. The Labute approximate surface area is 133 Å². The molecule has 1 amide bonds. The molecule has 0 aromatic heterocycles. The fourth-order valence-electron chi connectivity index (χ4n) is 2.02. The van der Waals surface area contributed by atoms with Gasteiger partial charge in [0.2, 0.25) is 15.9 Å². The van der Waals surface area contributed by atoms with Gasteiger partial charge in [-0.25, -0.2) is 13.6 Å². The van der Waals surface area contributed by atoms with E-state index < -0.39 is 26.1 Å². The van der Waals surface area contributed by atoms with Gasteiger partial charge in [0.25, 0.3) is 5.69 Å². The number of hydrogen-bond donors (Lipinski definition) is 1. The molecule has 1 aliphatic rings. The maximum absolute atomic E-state index is 11.9. The van der Waals surface area contributed by atoms with Gasteiger partial charge in [-0.05, 0) is 22.0 Å². The zero-order chi connectivity index (χ0) is 15.9. The Morgan fingerprint density at radius 1 is 1.48 bits per heavy atom. The second kappa shape index (κ2) is 5.52. The van der Waals surface area contributed by atoms with Crippen LogP contribution < -0.4 is 10.0 Å². The lowest BCUT2D eigenvalue weighted by molar-refractivity contribution is -0.384. The normalized spacial score (nSPS) is 19.1. The predicted octanol–water partition coefficient (Wildman–Crippen LogP) is 1.40. The topological polar surface area (TPSA) is 124 Å². The molecule has 1 aromatic rings. The zero-order valence-electron chi connectivity index (χ0n) is 10.3. The molecule has 0 radical (unpaired) electrons. The van der Waals surface area contributed by atoms with Crippen LogP contribution in [0.15, 0.2) is 16.6 Å². The highest BCUT2D eigenvalue weighted by atomic mass is 79.9. The lowest BCUT2D eigenvalue weighted by Gasteiger charge is -2.17. The van der Waals surface area contributed by atoms with E-state index in [0.717, 1.165) is 11.0 Å². The van der Waals surface area contributed by atoms with Crippen LogP contribution in [0.25, 0.3) is 0 Å². The van der Waals surface area contributed by atoms with Crippen LogP contribution >= 0.6 is 27.5 Å². The number of carbonyl (C=O) groups is 1. The molecular formula is C10H9BrClN3O5S. The molecule has 1 unspecified atom stereocenters. The van der Waals surface area contributed by atoms with Crippen molar-refractivity contribution in [1.29, 1.82) is 0 Å². The fraction of sp³-hybridized carbons (Fsp3) is 0.300. The van der Waals surface area contributed by atoms with Crippen molar-refractivity contribution in [2.75, 3.05) is 11.4 Å². The lowest BCUT2D eigenvalue weighted by atomic mass is 10.2. The van der Waals surface area contributed by atoms with Gasteiger partial charge in [-0.3, -0.25) is 14.9 Å². The first-order chi connectivity index (χ1) is 9.61. The summed E-state index contributed by atoms with van der Waals surface area (Å²) in [4.78, 5) is 23.4. The molecular weight excluding hydrogens is 390 g/mol. The van der Waals surface area contributed by atoms with E-state index >= 15 is 0 Å². The Balaban J connectivity index is 2.50. The summed E-state index contributed by atoms with van der Waals surface area (Å²) in [5.41, 5.74) is -0.404. The van der Waals surface area contributed by atoms with E-state index in [2.05, 4.69) is 15.9 Å². The molecule has 1 heterocycles. The lowest BCUT2D eigenvalue weighted by Crippen LogP contribution is -2.32. The third-order valence-electron chi connectivity index (χ3n) is 3.06. The summed E-state index contributed by atoms with van der Waals surface area (Å²) in [6.07, 6.45) is -0.316. The quantitative estimate of drug-likeness (QED) is 0.609. The Hall–Kier alpha value is -1.23. The van der Waals surface area contributed by atoms with Crippen LogP contribution in [0.2, 0.25) is 5.02 Å². The van der Waals surface area contributed by atoms with Gasteiger partial charge < -0.3 is 4.90 Å². The number of nitrogens with two attached hydrogens (primary N) is 1. The molecule has 1 aliphatic heterocycles. The zero-order valence-corrected chi connectivity index (χ0v) is 13.5. The Morgan fingerprint density at radius 2 is 2.10 bits per heavy atom. The van der Waals surface area contributed by atoms with E-state index in [1.165, 1.54) is 6.07 Å². The second-order valence-corrected chi connectivity index (χ2v) is 7.54. The number of nitro groups is 1. The third kappa shape index (κ3) is 3.18. The number of halogens is 2. The molecule has 2 rings (SSSR count). The van der Waals surface area contributed by atoms with Gasteiger partial charge in [-0.15, -0.1) is 0 Å². The van der Waals surface area contributed by atoms with E-state index in [-0.39, 0.29) is 29.4 Å². The molecule has 1 aromatic carbocycles.